The number of hydrogen-bond acceptors (Lipinski definition) is 1. The van der Waals surface area contributed by atoms with Crippen LogP contribution < -0.4 is 0 Å². The van der Waals surface area contributed by atoms with Crippen molar-refractivity contribution in [3.05, 3.63) is 11.6 Å². The van der Waals surface area contributed by atoms with Crippen LogP contribution in [0.4, 0.5) is 0 Å². The van der Waals surface area contributed by atoms with Crippen molar-refractivity contribution in [2.45, 2.75) is 27.2 Å². The Balaban J connectivity index is 3.92. The summed E-state index contributed by atoms with van der Waals surface area (Å²) in [5.41, 5.74) is 1.83. The fourth-order valence-electron chi connectivity index (χ4n) is 0.686. The Hall–Kier alpha value is -0.590. The lowest BCUT2D eigenvalue weighted by Crippen LogP contribution is -1.91. The highest BCUT2D eigenvalue weighted by Crippen LogP contribution is 1.99. The van der Waals surface area contributed by atoms with Crippen molar-refractivity contribution in [2.24, 2.45) is 0 Å². The van der Waals surface area contributed by atoms with Crippen LogP contribution in [0.3, 0.4) is 0 Å². The largest absolute Gasteiger partial charge is 0.305 e. The fourth-order valence-corrected chi connectivity index (χ4v) is 0.686. The molecule has 46 valence electrons. The van der Waals surface area contributed by atoms with E-state index < -0.39 is 0 Å². The fraction of sp³-hybridized carbons (Fsp3) is 0.571. The van der Waals surface area contributed by atoms with Crippen LogP contribution in [0.25, 0.3) is 0 Å². The molecule has 1 nitrogen and oxygen atoms in total. The predicted octanol–water partition coefficient (Wildman–Crippen LogP) is 2.38. The maximum Gasteiger partial charge on any atom is 0.0311 e. The zero-order valence-electron chi connectivity index (χ0n) is 5.78. The van der Waals surface area contributed by atoms with Gasteiger partial charge in [0.05, 0.1) is 0 Å². The molecule has 0 bridgehead atoms. The summed E-state index contributed by atoms with van der Waals surface area (Å²) in [5.74, 6) is 0. The molecule has 0 aromatic heterocycles. The zero-order valence-corrected chi connectivity index (χ0v) is 5.78. The van der Waals surface area contributed by atoms with E-state index in [1.54, 1.807) is 0 Å². The summed E-state index contributed by atoms with van der Waals surface area (Å²) in [4.78, 5) is 0. The SMILES string of the molecule is C/C=C(\CC)C(C)=N. The third-order valence-electron chi connectivity index (χ3n) is 1.21. The highest BCUT2D eigenvalue weighted by molar-refractivity contribution is 5.95. The summed E-state index contributed by atoms with van der Waals surface area (Å²) >= 11 is 0. The predicted molar refractivity (Wildman–Crippen MR) is 37.4 cm³/mol. The minimum atomic E-state index is 0.690. The van der Waals surface area contributed by atoms with Crippen LogP contribution >= 0.6 is 0 Å². The van der Waals surface area contributed by atoms with Crippen LogP contribution in [0, 0.1) is 5.41 Å². The van der Waals surface area contributed by atoms with Gasteiger partial charge in [-0.25, -0.2) is 0 Å². The van der Waals surface area contributed by atoms with Gasteiger partial charge in [0.25, 0.3) is 0 Å². The van der Waals surface area contributed by atoms with Gasteiger partial charge in [-0.2, -0.15) is 0 Å². The molecule has 0 aliphatic rings. The van der Waals surface area contributed by atoms with Crippen molar-refractivity contribution >= 4 is 5.71 Å². The summed E-state index contributed by atoms with van der Waals surface area (Å²) in [6, 6.07) is 0. The van der Waals surface area contributed by atoms with Crippen molar-refractivity contribution in [2.75, 3.05) is 0 Å². The molecule has 0 saturated heterocycles. The van der Waals surface area contributed by atoms with E-state index in [-0.39, 0.29) is 0 Å². The van der Waals surface area contributed by atoms with Gasteiger partial charge in [-0.15, -0.1) is 0 Å². The summed E-state index contributed by atoms with van der Waals surface area (Å²) in [6.07, 6.45) is 2.97. The van der Waals surface area contributed by atoms with E-state index in [1.807, 2.05) is 19.9 Å². The molecule has 8 heavy (non-hydrogen) atoms. The average Bonchev–Trinajstić information content (AvgIpc) is 1.69. The van der Waals surface area contributed by atoms with Crippen LogP contribution in [0.15, 0.2) is 11.6 Å². The topological polar surface area (TPSA) is 23.9 Å². The first-order valence-electron chi connectivity index (χ1n) is 2.93. The number of rotatable bonds is 2. The molecule has 0 amide bonds. The van der Waals surface area contributed by atoms with E-state index in [2.05, 4.69) is 6.92 Å². The van der Waals surface area contributed by atoms with Crippen LogP contribution in [-0.2, 0) is 0 Å². The van der Waals surface area contributed by atoms with Gasteiger partial charge in [-0.1, -0.05) is 13.0 Å². The summed E-state index contributed by atoms with van der Waals surface area (Å²) < 4.78 is 0. The van der Waals surface area contributed by atoms with Crippen molar-refractivity contribution in [3.63, 3.8) is 0 Å². The maximum absolute atomic E-state index is 7.18. The van der Waals surface area contributed by atoms with E-state index >= 15 is 0 Å². The zero-order chi connectivity index (χ0) is 6.57. The Labute approximate surface area is 50.9 Å². The third-order valence-corrected chi connectivity index (χ3v) is 1.21. The van der Waals surface area contributed by atoms with Crippen molar-refractivity contribution in [3.8, 4) is 0 Å². The number of hydrogen-bond donors (Lipinski definition) is 1. The van der Waals surface area contributed by atoms with Gasteiger partial charge in [-0.3, -0.25) is 0 Å². The molecule has 0 fully saturated rings. The molecule has 0 heterocycles. The monoisotopic (exact) mass is 111 g/mol. The molecule has 0 unspecified atom stereocenters. The van der Waals surface area contributed by atoms with Crippen molar-refractivity contribution < 1.29 is 0 Å². The Morgan fingerprint density at radius 3 is 2.12 bits per heavy atom. The molecule has 0 aromatic carbocycles. The van der Waals surface area contributed by atoms with Gasteiger partial charge >= 0.3 is 0 Å². The number of nitrogens with one attached hydrogen (secondary N) is 1. The Bertz CT molecular complexity index is 112. The third kappa shape index (κ3) is 1.92. The van der Waals surface area contributed by atoms with Gasteiger partial charge in [0.1, 0.15) is 0 Å². The van der Waals surface area contributed by atoms with Gasteiger partial charge in [0.2, 0.25) is 0 Å². The average molecular weight is 111 g/mol. The summed E-state index contributed by atoms with van der Waals surface area (Å²) in [7, 11) is 0. The minimum absolute atomic E-state index is 0.690. The lowest BCUT2D eigenvalue weighted by Gasteiger charge is -1.96. The summed E-state index contributed by atoms with van der Waals surface area (Å²) in [6.45, 7) is 5.85. The van der Waals surface area contributed by atoms with E-state index in [0.717, 1.165) is 12.0 Å². The van der Waals surface area contributed by atoms with Gasteiger partial charge in [-0.05, 0) is 25.8 Å². The van der Waals surface area contributed by atoms with Crippen molar-refractivity contribution in [1.29, 1.82) is 5.41 Å². The smallest absolute Gasteiger partial charge is 0.0311 e. The molecule has 1 heteroatoms. The molecule has 0 rings (SSSR count). The van der Waals surface area contributed by atoms with E-state index in [4.69, 9.17) is 5.41 Å². The molecule has 1 N–H and O–H groups in total. The van der Waals surface area contributed by atoms with Gasteiger partial charge in [0, 0.05) is 5.71 Å². The molecule has 0 saturated carbocycles. The van der Waals surface area contributed by atoms with E-state index in [0.29, 0.717) is 5.71 Å². The van der Waals surface area contributed by atoms with Crippen LogP contribution in [0.2, 0.25) is 0 Å². The van der Waals surface area contributed by atoms with E-state index in [1.165, 1.54) is 0 Å². The molecule has 0 aliphatic heterocycles. The lowest BCUT2D eigenvalue weighted by molar-refractivity contribution is 1.15. The normalized spacial score (nSPS) is 11.6. The summed E-state index contributed by atoms with van der Waals surface area (Å²) in [5, 5.41) is 7.18. The number of allylic oxidation sites excluding steroid dienone is 2. The first kappa shape index (κ1) is 7.41. The van der Waals surface area contributed by atoms with Crippen LogP contribution in [-0.4, -0.2) is 5.71 Å². The molecular formula is C7H13N. The van der Waals surface area contributed by atoms with Crippen LogP contribution in [0.1, 0.15) is 27.2 Å². The van der Waals surface area contributed by atoms with Gasteiger partial charge in [0.15, 0.2) is 0 Å². The molecule has 0 aliphatic carbocycles. The maximum atomic E-state index is 7.18. The van der Waals surface area contributed by atoms with E-state index in [9.17, 15) is 0 Å². The molecule has 0 atom stereocenters. The molecule has 0 aromatic rings. The second kappa shape index (κ2) is 3.42. The highest BCUT2D eigenvalue weighted by Gasteiger charge is 1.90. The Kier molecular flexibility index (Phi) is 3.16. The van der Waals surface area contributed by atoms with Crippen LogP contribution in [0.5, 0.6) is 0 Å². The van der Waals surface area contributed by atoms with Crippen molar-refractivity contribution in [1.82, 2.24) is 0 Å². The first-order chi connectivity index (χ1) is 3.72. The Morgan fingerprint density at radius 2 is 2.12 bits per heavy atom. The molecule has 0 spiro atoms. The molecular weight excluding hydrogens is 98.1 g/mol. The second-order valence-corrected chi connectivity index (χ2v) is 1.79. The molecule has 0 radical (unpaired) electrons. The quantitative estimate of drug-likeness (QED) is 0.529. The Morgan fingerprint density at radius 1 is 1.62 bits per heavy atom. The van der Waals surface area contributed by atoms with Gasteiger partial charge < -0.3 is 5.41 Å². The minimum Gasteiger partial charge on any atom is -0.305 e. The first-order valence-corrected chi connectivity index (χ1v) is 2.93. The second-order valence-electron chi connectivity index (χ2n) is 1.79. The lowest BCUT2D eigenvalue weighted by atomic mass is 10.1. The standard InChI is InChI=1S/C7H13N/c1-4-7(5-2)6(3)8/h4,8H,5H2,1-3H3/b7-4+,8-6?. The highest BCUT2D eigenvalue weighted by atomic mass is 14.4.